The van der Waals surface area contributed by atoms with Crippen molar-refractivity contribution in [1.29, 1.82) is 0 Å². The first kappa shape index (κ1) is 28.0. The molecular weight excluding hydrogens is 498 g/mol. The number of rotatable bonds is 9. The standard InChI is InChI=1S/C27H36ClN3O4S/c1-19-10-8-11-20(2)26(19)31(36(4,34)35)18-25(32)30(17-22-12-9-13-23(28)16-22)21(3)27(33)29-24-14-6-5-7-15-24/h8-13,16,21,24H,5-7,14-15,17-18H2,1-4H3,(H,29,33)/t21-/m1/s1. The van der Waals surface area contributed by atoms with Gasteiger partial charge in [-0.25, -0.2) is 8.42 Å². The maximum Gasteiger partial charge on any atom is 0.244 e. The van der Waals surface area contributed by atoms with Crippen LogP contribution in [0.15, 0.2) is 42.5 Å². The van der Waals surface area contributed by atoms with Gasteiger partial charge in [0, 0.05) is 17.6 Å². The molecule has 0 radical (unpaired) electrons. The lowest BCUT2D eigenvalue weighted by molar-refractivity contribution is -0.139. The fraction of sp³-hybridized carbons (Fsp3) is 0.481. The van der Waals surface area contributed by atoms with Crippen LogP contribution in [-0.4, -0.2) is 50.0 Å². The lowest BCUT2D eigenvalue weighted by Crippen LogP contribution is -2.53. The monoisotopic (exact) mass is 533 g/mol. The number of nitrogens with zero attached hydrogens (tertiary/aromatic N) is 2. The van der Waals surface area contributed by atoms with Crippen LogP contribution in [0.4, 0.5) is 5.69 Å². The molecule has 1 atom stereocenters. The molecule has 1 fully saturated rings. The van der Waals surface area contributed by atoms with Gasteiger partial charge in [0.1, 0.15) is 12.6 Å². The van der Waals surface area contributed by atoms with Crippen LogP contribution < -0.4 is 9.62 Å². The van der Waals surface area contributed by atoms with E-state index in [1.165, 1.54) is 11.3 Å². The second kappa shape index (κ2) is 12.1. The summed E-state index contributed by atoms with van der Waals surface area (Å²) in [5, 5.41) is 3.61. The summed E-state index contributed by atoms with van der Waals surface area (Å²) in [6.07, 6.45) is 6.25. The third-order valence-corrected chi connectivity index (χ3v) is 8.08. The quantitative estimate of drug-likeness (QED) is 0.511. The Morgan fingerprint density at radius 1 is 1.06 bits per heavy atom. The number of anilines is 1. The number of nitrogens with one attached hydrogen (secondary N) is 1. The van der Waals surface area contributed by atoms with Crippen molar-refractivity contribution in [3.8, 4) is 0 Å². The summed E-state index contributed by atoms with van der Waals surface area (Å²) in [4.78, 5) is 28.4. The molecule has 36 heavy (non-hydrogen) atoms. The molecule has 7 nitrogen and oxygen atoms in total. The van der Waals surface area contributed by atoms with Crippen LogP contribution in [0, 0.1) is 13.8 Å². The van der Waals surface area contributed by atoms with Gasteiger partial charge in [0.2, 0.25) is 21.8 Å². The molecule has 2 aromatic rings. The molecule has 3 rings (SSSR count). The van der Waals surface area contributed by atoms with Crippen LogP contribution in [0.25, 0.3) is 0 Å². The fourth-order valence-electron chi connectivity index (χ4n) is 4.76. The van der Waals surface area contributed by atoms with Crippen LogP contribution >= 0.6 is 11.6 Å². The molecule has 0 bridgehead atoms. The van der Waals surface area contributed by atoms with Crippen molar-refractivity contribution < 1.29 is 18.0 Å². The van der Waals surface area contributed by atoms with E-state index in [-0.39, 0.29) is 18.5 Å². The van der Waals surface area contributed by atoms with Gasteiger partial charge in [-0.2, -0.15) is 0 Å². The van der Waals surface area contributed by atoms with Crippen LogP contribution in [0.1, 0.15) is 55.7 Å². The predicted molar refractivity (Wildman–Crippen MR) is 145 cm³/mol. The van der Waals surface area contributed by atoms with Crippen molar-refractivity contribution in [2.45, 2.75) is 71.5 Å². The second-order valence-corrected chi connectivity index (χ2v) is 12.0. The van der Waals surface area contributed by atoms with E-state index in [2.05, 4.69) is 5.32 Å². The van der Waals surface area contributed by atoms with Gasteiger partial charge in [0.05, 0.1) is 11.9 Å². The minimum absolute atomic E-state index is 0.0963. The summed E-state index contributed by atoms with van der Waals surface area (Å²) in [7, 11) is -3.78. The first-order valence-corrected chi connectivity index (χ1v) is 14.6. The Morgan fingerprint density at radius 2 is 1.67 bits per heavy atom. The zero-order valence-electron chi connectivity index (χ0n) is 21.5. The van der Waals surface area contributed by atoms with Crippen molar-refractivity contribution >= 4 is 39.1 Å². The molecule has 1 N–H and O–H groups in total. The highest BCUT2D eigenvalue weighted by Gasteiger charge is 2.32. The lowest BCUT2D eigenvalue weighted by Gasteiger charge is -2.33. The van der Waals surface area contributed by atoms with Gasteiger partial charge >= 0.3 is 0 Å². The fourth-order valence-corrected chi connectivity index (χ4v) is 5.94. The smallest absolute Gasteiger partial charge is 0.244 e. The van der Waals surface area contributed by atoms with E-state index >= 15 is 0 Å². The highest BCUT2D eigenvalue weighted by Crippen LogP contribution is 2.27. The maximum atomic E-state index is 13.7. The van der Waals surface area contributed by atoms with Crippen molar-refractivity contribution in [2.75, 3.05) is 17.1 Å². The summed E-state index contributed by atoms with van der Waals surface area (Å²) in [6, 6.07) is 11.9. The zero-order valence-corrected chi connectivity index (χ0v) is 23.0. The highest BCUT2D eigenvalue weighted by molar-refractivity contribution is 7.92. The third kappa shape index (κ3) is 7.23. The number of sulfonamides is 1. The van der Waals surface area contributed by atoms with E-state index in [1.807, 2.05) is 38.1 Å². The van der Waals surface area contributed by atoms with Gasteiger partial charge in [-0.15, -0.1) is 0 Å². The number of hydrogen-bond acceptors (Lipinski definition) is 4. The molecule has 1 aliphatic rings. The van der Waals surface area contributed by atoms with Gasteiger partial charge < -0.3 is 10.2 Å². The first-order chi connectivity index (χ1) is 17.0. The van der Waals surface area contributed by atoms with Crippen molar-refractivity contribution in [3.63, 3.8) is 0 Å². The highest BCUT2D eigenvalue weighted by atomic mass is 35.5. The number of hydrogen-bond donors (Lipinski definition) is 1. The largest absolute Gasteiger partial charge is 0.352 e. The summed E-state index contributed by atoms with van der Waals surface area (Å²) in [5.41, 5.74) is 2.73. The van der Waals surface area contributed by atoms with Gasteiger partial charge in [-0.3, -0.25) is 13.9 Å². The summed E-state index contributed by atoms with van der Waals surface area (Å²) in [5.74, 6) is -0.704. The SMILES string of the molecule is Cc1cccc(C)c1N(CC(=O)N(Cc1cccc(Cl)c1)[C@H](C)C(=O)NC1CCCCC1)S(C)(=O)=O. The Kier molecular flexibility index (Phi) is 9.41. The van der Waals surface area contributed by atoms with Crippen molar-refractivity contribution in [1.82, 2.24) is 10.2 Å². The molecule has 0 unspecified atom stereocenters. The molecule has 1 aliphatic carbocycles. The molecule has 2 aromatic carbocycles. The van der Waals surface area contributed by atoms with Crippen molar-refractivity contribution in [3.05, 3.63) is 64.2 Å². The number of halogens is 1. The van der Waals surface area contributed by atoms with E-state index in [9.17, 15) is 18.0 Å². The maximum absolute atomic E-state index is 13.7. The van der Waals surface area contributed by atoms with Crippen molar-refractivity contribution in [2.24, 2.45) is 0 Å². The molecule has 0 heterocycles. The topological polar surface area (TPSA) is 86.8 Å². The normalized spacial score (nSPS) is 15.2. The van der Waals surface area contributed by atoms with E-state index in [0.717, 1.165) is 52.9 Å². The summed E-state index contributed by atoms with van der Waals surface area (Å²) < 4.78 is 26.8. The lowest BCUT2D eigenvalue weighted by atomic mass is 9.95. The Hall–Kier alpha value is -2.58. The summed E-state index contributed by atoms with van der Waals surface area (Å²) >= 11 is 6.17. The van der Waals surface area contributed by atoms with Gasteiger partial charge in [-0.05, 0) is 62.4 Å². The van der Waals surface area contributed by atoms with Gasteiger partial charge in [0.25, 0.3) is 0 Å². The molecule has 0 aliphatic heterocycles. The molecule has 2 amide bonds. The number of para-hydroxylation sites is 1. The number of benzene rings is 2. The Morgan fingerprint density at radius 3 is 2.25 bits per heavy atom. The number of carbonyl (C=O) groups is 2. The second-order valence-electron chi connectivity index (χ2n) is 9.68. The van der Waals surface area contributed by atoms with Crippen LogP contribution in [0.3, 0.4) is 0 Å². The number of carbonyl (C=O) groups excluding carboxylic acids is 2. The van der Waals surface area contributed by atoms with E-state index in [4.69, 9.17) is 11.6 Å². The zero-order chi connectivity index (χ0) is 26.5. The molecule has 9 heteroatoms. The average Bonchev–Trinajstić information content (AvgIpc) is 2.81. The van der Waals surface area contributed by atoms with E-state index < -0.39 is 28.5 Å². The average molecular weight is 534 g/mol. The van der Waals surface area contributed by atoms with E-state index in [1.54, 1.807) is 25.1 Å². The Balaban J connectivity index is 1.91. The van der Waals surface area contributed by atoms with Crippen LogP contribution in [0.2, 0.25) is 5.02 Å². The minimum Gasteiger partial charge on any atom is -0.352 e. The van der Waals surface area contributed by atoms with Crippen LogP contribution in [-0.2, 0) is 26.2 Å². The Bertz CT molecular complexity index is 1180. The number of aryl methyl sites for hydroxylation is 2. The van der Waals surface area contributed by atoms with E-state index in [0.29, 0.717) is 10.7 Å². The minimum atomic E-state index is -3.78. The third-order valence-electron chi connectivity index (χ3n) is 6.73. The number of amides is 2. The molecule has 0 saturated heterocycles. The molecule has 196 valence electrons. The van der Waals surface area contributed by atoms with Gasteiger partial charge in [0.15, 0.2) is 0 Å². The molecule has 0 spiro atoms. The Labute approximate surface area is 219 Å². The first-order valence-electron chi connectivity index (χ1n) is 12.4. The van der Waals surface area contributed by atoms with Gasteiger partial charge in [-0.1, -0.05) is 61.2 Å². The molecular formula is C27H36ClN3O4S. The summed E-state index contributed by atoms with van der Waals surface area (Å²) in [6.45, 7) is 5.03. The van der Waals surface area contributed by atoms with Crippen LogP contribution in [0.5, 0.6) is 0 Å². The molecule has 0 aromatic heterocycles. The predicted octanol–water partition coefficient (Wildman–Crippen LogP) is 4.59. The molecule has 1 saturated carbocycles.